The molecule has 24 heavy (non-hydrogen) atoms. The molecule has 0 N–H and O–H groups in total. The van der Waals surface area contributed by atoms with Crippen molar-refractivity contribution < 1.29 is 21.5 Å². The molecular weight excluding hydrogens is 411 g/mol. The van der Waals surface area contributed by atoms with Crippen molar-refractivity contribution in [3.8, 4) is 22.5 Å². The Balaban J connectivity index is 2.09. The van der Waals surface area contributed by atoms with Gasteiger partial charge in [0.1, 0.15) is 0 Å². The molecule has 0 amide bonds. The quantitative estimate of drug-likeness (QED) is 0.347. The van der Waals surface area contributed by atoms with Crippen molar-refractivity contribution in [3.63, 3.8) is 0 Å². The zero-order chi connectivity index (χ0) is 16.7. The zero-order valence-electron chi connectivity index (χ0n) is 14.1. The van der Waals surface area contributed by atoms with Gasteiger partial charge in [-0.2, -0.15) is 0 Å². The molecule has 1 aliphatic heterocycles. The second-order valence-corrected chi connectivity index (χ2v) is 8.32. The third-order valence-corrected chi connectivity index (χ3v) is 6.42. The third kappa shape index (κ3) is 2.42. The number of rotatable bonds is 2. The molecular formula is C19H20IN4-. The standard InChI is InChI=1S/C19H20IN4/c1-13(2)24-19-16-10-6-7-11-17(16)23(20-3)12-14-8-4-5-9-15(14)18(19)21-22-24/h4-11,13H,12H2,1-3H3/q-1. The summed E-state index contributed by atoms with van der Waals surface area (Å²) >= 11 is -0.0768. The van der Waals surface area contributed by atoms with Crippen LogP contribution in [-0.4, -0.2) is 19.9 Å². The Morgan fingerprint density at radius 2 is 1.71 bits per heavy atom. The van der Waals surface area contributed by atoms with Crippen molar-refractivity contribution >= 4 is 5.69 Å². The first kappa shape index (κ1) is 15.6. The van der Waals surface area contributed by atoms with E-state index in [-0.39, 0.29) is 27.5 Å². The van der Waals surface area contributed by atoms with Crippen molar-refractivity contribution in [1.82, 2.24) is 15.0 Å². The fourth-order valence-corrected chi connectivity index (χ4v) is 4.90. The van der Waals surface area contributed by atoms with Gasteiger partial charge in [-0.15, -0.1) is 0 Å². The monoisotopic (exact) mass is 431 g/mol. The van der Waals surface area contributed by atoms with Crippen LogP contribution in [-0.2, 0) is 6.54 Å². The van der Waals surface area contributed by atoms with Crippen molar-refractivity contribution in [2.24, 2.45) is 0 Å². The van der Waals surface area contributed by atoms with Gasteiger partial charge in [0.15, 0.2) is 0 Å². The van der Waals surface area contributed by atoms with Crippen LogP contribution in [0.15, 0.2) is 48.5 Å². The van der Waals surface area contributed by atoms with Crippen molar-refractivity contribution in [3.05, 3.63) is 54.1 Å². The van der Waals surface area contributed by atoms with Crippen molar-refractivity contribution in [1.29, 1.82) is 0 Å². The van der Waals surface area contributed by atoms with E-state index >= 15 is 0 Å². The van der Waals surface area contributed by atoms with Crippen LogP contribution in [0.4, 0.5) is 5.69 Å². The maximum absolute atomic E-state index is 4.57. The number of anilines is 1. The molecule has 0 saturated heterocycles. The first-order valence-corrected chi connectivity index (χ1v) is 11.2. The number of benzene rings is 2. The van der Waals surface area contributed by atoms with E-state index in [1.165, 1.54) is 22.4 Å². The van der Waals surface area contributed by atoms with Crippen molar-refractivity contribution in [2.75, 3.05) is 8.04 Å². The summed E-state index contributed by atoms with van der Waals surface area (Å²) in [6, 6.07) is 17.5. The molecule has 0 radical (unpaired) electrons. The van der Waals surface area contributed by atoms with Gasteiger partial charge in [-0.05, 0) is 0 Å². The van der Waals surface area contributed by atoms with Crippen LogP contribution >= 0.6 is 0 Å². The summed E-state index contributed by atoms with van der Waals surface area (Å²) in [5.41, 5.74) is 7.20. The van der Waals surface area contributed by atoms with E-state index < -0.39 is 0 Å². The Morgan fingerprint density at radius 1 is 1.00 bits per heavy atom. The summed E-state index contributed by atoms with van der Waals surface area (Å²) in [4.78, 5) is 2.32. The third-order valence-electron chi connectivity index (χ3n) is 4.39. The second kappa shape index (κ2) is 6.20. The van der Waals surface area contributed by atoms with Crippen LogP contribution in [0, 0.1) is 0 Å². The SMILES string of the molecule is C[I-]N1Cc2ccccc2-c2nnn(C(C)C)c2-c2ccccc21. The molecule has 1 aromatic heterocycles. The van der Waals surface area contributed by atoms with Crippen LogP contribution in [0.3, 0.4) is 0 Å². The second-order valence-electron chi connectivity index (χ2n) is 6.19. The molecule has 4 rings (SSSR count). The summed E-state index contributed by atoms with van der Waals surface area (Å²) < 4.78 is 4.59. The molecule has 0 unspecified atom stereocenters. The molecule has 4 nitrogen and oxygen atoms in total. The van der Waals surface area contributed by atoms with Crippen LogP contribution in [0.2, 0.25) is 0 Å². The van der Waals surface area contributed by atoms with Gasteiger partial charge < -0.3 is 0 Å². The molecule has 0 saturated carbocycles. The molecule has 0 fully saturated rings. The van der Waals surface area contributed by atoms with E-state index in [0.717, 1.165) is 17.9 Å². The summed E-state index contributed by atoms with van der Waals surface area (Å²) in [6.07, 6.45) is 0. The Hall–Kier alpha value is -1.89. The summed E-state index contributed by atoms with van der Waals surface area (Å²) in [6.45, 7) is 5.25. The Bertz CT molecular complexity index is 885. The molecule has 1 aliphatic rings. The van der Waals surface area contributed by atoms with Crippen LogP contribution in [0.1, 0.15) is 25.5 Å². The fraction of sp³-hybridized carbons (Fsp3) is 0.263. The topological polar surface area (TPSA) is 34.0 Å². The van der Waals surface area contributed by atoms with E-state index in [4.69, 9.17) is 0 Å². The van der Waals surface area contributed by atoms with Gasteiger partial charge >= 0.3 is 153 Å². The summed E-state index contributed by atoms with van der Waals surface area (Å²) in [5.74, 6) is 0. The Labute approximate surface area is 153 Å². The van der Waals surface area contributed by atoms with E-state index in [1.807, 2.05) is 0 Å². The minimum absolute atomic E-state index is 0.0768. The fourth-order valence-electron chi connectivity index (χ4n) is 3.25. The first-order chi connectivity index (χ1) is 11.7. The van der Waals surface area contributed by atoms with Gasteiger partial charge in [0, 0.05) is 0 Å². The van der Waals surface area contributed by atoms with E-state index in [2.05, 4.69) is 85.4 Å². The molecule has 0 aliphatic carbocycles. The van der Waals surface area contributed by atoms with Crippen LogP contribution in [0.25, 0.3) is 22.5 Å². The average molecular weight is 431 g/mol. The molecule has 2 aromatic carbocycles. The van der Waals surface area contributed by atoms with E-state index in [0.29, 0.717) is 0 Å². The Kier molecular flexibility index (Phi) is 4.04. The predicted octanol–water partition coefficient (Wildman–Crippen LogP) is 1.15. The average Bonchev–Trinajstić information content (AvgIpc) is 3.03. The van der Waals surface area contributed by atoms with Crippen LogP contribution in [0.5, 0.6) is 0 Å². The van der Waals surface area contributed by atoms with Gasteiger partial charge in [-0.25, -0.2) is 0 Å². The van der Waals surface area contributed by atoms with Gasteiger partial charge in [-0.1, -0.05) is 0 Å². The molecule has 5 heteroatoms. The van der Waals surface area contributed by atoms with Gasteiger partial charge in [0.05, 0.1) is 0 Å². The number of hydrogen-bond donors (Lipinski definition) is 0. The number of hydrogen-bond acceptors (Lipinski definition) is 3. The number of nitrogens with zero attached hydrogens (tertiary/aromatic N) is 4. The number of aromatic nitrogens is 3. The number of para-hydroxylation sites is 1. The van der Waals surface area contributed by atoms with Gasteiger partial charge in [0.2, 0.25) is 0 Å². The van der Waals surface area contributed by atoms with E-state index in [9.17, 15) is 0 Å². The summed E-state index contributed by atoms with van der Waals surface area (Å²) in [5, 5.41) is 9.06. The summed E-state index contributed by atoms with van der Waals surface area (Å²) in [7, 11) is 0. The number of alkyl halides is 1. The number of halogens is 1. The number of fused-ring (bicyclic) bond motifs is 5. The minimum atomic E-state index is -0.0768. The normalized spacial score (nSPS) is 13.2. The zero-order valence-corrected chi connectivity index (χ0v) is 16.2. The Morgan fingerprint density at radius 3 is 2.46 bits per heavy atom. The maximum atomic E-state index is 4.57. The van der Waals surface area contributed by atoms with Crippen LogP contribution < -0.4 is 24.6 Å². The molecule has 124 valence electrons. The molecule has 0 bridgehead atoms. The molecule has 0 atom stereocenters. The van der Waals surface area contributed by atoms with Crippen molar-refractivity contribution in [2.45, 2.75) is 26.4 Å². The van der Waals surface area contributed by atoms with E-state index in [1.54, 1.807) is 0 Å². The molecule has 3 aromatic rings. The first-order valence-electron chi connectivity index (χ1n) is 8.11. The molecule has 0 spiro atoms. The molecule has 2 heterocycles. The predicted molar refractivity (Wildman–Crippen MR) is 93.4 cm³/mol. The van der Waals surface area contributed by atoms with Gasteiger partial charge in [0.25, 0.3) is 0 Å². The van der Waals surface area contributed by atoms with Gasteiger partial charge in [-0.3, -0.25) is 0 Å².